The van der Waals surface area contributed by atoms with Crippen molar-refractivity contribution in [2.75, 3.05) is 6.54 Å². The van der Waals surface area contributed by atoms with Crippen LogP contribution in [0, 0.1) is 13.8 Å². The second kappa shape index (κ2) is 7.98. The molecule has 0 radical (unpaired) electrons. The molecule has 4 aromatic rings. The van der Waals surface area contributed by atoms with Crippen molar-refractivity contribution in [3.8, 4) is 0 Å². The topological polar surface area (TPSA) is 90.0 Å². The molecule has 0 atom stereocenters. The molecule has 1 N–H and O–H groups in total. The van der Waals surface area contributed by atoms with E-state index < -0.39 is 0 Å². The van der Waals surface area contributed by atoms with Gasteiger partial charge in [-0.15, -0.1) is 10.2 Å². The maximum absolute atomic E-state index is 12.7. The van der Waals surface area contributed by atoms with Crippen LogP contribution in [0.4, 0.5) is 0 Å². The predicted molar refractivity (Wildman–Crippen MR) is 111 cm³/mol. The number of hydrogen-bond donors (Lipinski definition) is 1. The summed E-state index contributed by atoms with van der Waals surface area (Å²) in [5.74, 6) is 0.909. The Balaban J connectivity index is 1.30. The molecule has 1 amide bonds. The Morgan fingerprint density at radius 3 is 2.86 bits per heavy atom. The number of rotatable bonds is 7. The zero-order chi connectivity index (χ0) is 20.4. The number of amides is 1. The first-order valence-electron chi connectivity index (χ1n) is 9.92. The molecule has 0 aliphatic carbocycles. The maximum Gasteiger partial charge on any atom is 0.252 e. The average molecular weight is 391 g/mol. The number of aromatic nitrogens is 6. The van der Waals surface area contributed by atoms with Crippen LogP contribution in [0.2, 0.25) is 0 Å². The van der Waals surface area contributed by atoms with Crippen LogP contribution in [-0.4, -0.2) is 41.8 Å². The summed E-state index contributed by atoms with van der Waals surface area (Å²) in [6.45, 7) is 4.44. The van der Waals surface area contributed by atoms with E-state index in [0.717, 1.165) is 59.6 Å². The zero-order valence-corrected chi connectivity index (χ0v) is 17.0. The summed E-state index contributed by atoms with van der Waals surface area (Å²) < 4.78 is 3.75. The van der Waals surface area contributed by atoms with E-state index >= 15 is 0 Å². The van der Waals surface area contributed by atoms with Gasteiger partial charge in [-0.3, -0.25) is 13.9 Å². The fourth-order valence-corrected chi connectivity index (χ4v) is 3.69. The molecule has 0 bridgehead atoms. The van der Waals surface area contributed by atoms with Crippen molar-refractivity contribution in [2.24, 2.45) is 7.05 Å². The van der Waals surface area contributed by atoms with Gasteiger partial charge in [0.1, 0.15) is 5.82 Å². The standard InChI is InChI=1S/C21H25N7O/c1-14-13-16(19-15(2)26-27(3)20(19)23-14)21(29)22-11-7-4-5-9-17-24-25-18-10-6-8-12-28(17)18/h6,8,10,12-13H,4-5,7,9,11H2,1-3H3,(H,22,29). The van der Waals surface area contributed by atoms with Crippen LogP contribution in [0.5, 0.6) is 0 Å². The Morgan fingerprint density at radius 1 is 1.14 bits per heavy atom. The summed E-state index contributed by atoms with van der Waals surface area (Å²) in [6.07, 6.45) is 5.80. The largest absolute Gasteiger partial charge is 0.352 e. The third kappa shape index (κ3) is 3.83. The SMILES string of the molecule is Cc1cc(C(=O)NCCCCCc2nnc3ccccn23)c2c(C)nn(C)c2n1. The minimum atomic E-state index is -0.0694. The van der Waals surface area contributed by atoms with Crippen molar-refractivity contribution in [3.05, 3.63) is 53.2 Å². The van der Waals surface area contributed by atoms with Crippen LogP contribution in [0.25, 0.3) is 16.7 Å². The summed E-state index contributed by atoms with van der Waals surface area (Å²) in [4.78, 5) is 17.3. The van der Waals surface area contributed by atoms with Gasteiger partial charge in [0, 0.05) is 31.9 Å². The lowest BCUT2D eigenvalue weighted by Crippen LogP contribution is -2.25. The summed E-state index contributed by atoms with van der Waals surface area (Å²) in [6, 6.07) is 7.73. The van der Waals surface area contributed by atoms with Crippen LogP contribution in [0.15, 0.2) is 30.5 Å². The summed E-state index contributed by atoms with van der Waals surface area (Å²) in [5, 5.41) is 16.7. The number of nitrogens with one attached hydrogen (secondary N) is 1. The highest BCUT2D eigenvalue weighted by Crippen LogP contribution is 2.21. The van der Waals surface area contributed by atoms with E-state index in [1.165, 1.54) is 0 Å². The Morgan fingerprint density at radius 2 is 2.00 bits per heavy atom. The third-order valence-electron chi connectivity index (χ3n) is 5.09. The summed E-state index contributed by atoms with van der Waals surface area (Å²) in [7, 11) is 1.85. The molecule has 150 valence electrons. The normalized spacial score (nSPS) is 11.4. The second-order valence-corrected chi connectivity index (χ2v) is 7.33. The van der Waals surface area contributed by atoms with E-state index in [4.69, 9.17) is 0 Å². The van der Waals surface area contributed by atoms with Gasteiger partial charge >= 0.3 is 0 Å². The minimum Gasteiger partial charge on any atom is -0.352 e. The molecule has 0 aromatic carbocycles. The molecule has 8 heteroatoms. The van der Waals surface area contributed by atoms with Crippen molar-refractivity contribution in [1.29, 1.82) is 0 Å². The van der Waals surface area contributed by atoms with Crippen LogP contribution in [-0.2, 0) is 13.5 Å². The van der Waals surface area contributed by atoms with Crippen molar-refractivity contribution in [1.82, 2.24) is 34.7 Å². The van der Waals surface area contributed by atoms with Gasteiger partial charge in [-0.2, -0.15) is 5.10 Å². The molecule has 0 unspecified atom stereocenters. The first-order chi connectivity index (χ1) is 14.0. The first-order valence-corrected chi connectivity index (χ1v) is 9.92. The molecule has 0 saturated heterocycles. The first kappa shape index (κ1) is 19.0. The zero-order valence-electron chi connectivity index (χ0n) is 17.0. The number of hydrogen-bond acceptors (Lipinski definition) is 5. The molecule has 0 aliphatic heterocycles. The number of fused-ring (bicyclic) bond motifs is 2. The quantitative estimate of drug-likeness (QED) is 0.489. The predicted octanol–water partition coefficient (Wildman–Crippen LogP) is 2.77. The third-order valence-corrected chi connectivity index (χ3v) is 5.09. The van der Waals surface area contributed by atoms with Crippen molar-refractivity contribution >= 4 is 22.6 Å². The molecular weight excluding hydrogens is 366 g/mol. The molecule has 0 fully saturated rings. The highest BCUT2D eigenvalue weighted by molar-refractivity contribution is 6.06. The highest BCUT2D eigenvalue weighted by atomic mass is 16.1. The van der Waals surface area contributed by atoms with E-state index in [1.54, 1.807) is 4.68 Å². The van der Waals surface area contributed by atoms with Crippen molar-refractivity contribution in [3.63, 3.8) is 0 Å². The van der Waals surface area contributed by atoms with Crippen LogP contribution in [0.1, 0.15) is 46.8 Å². The van der Waals surface area contributed by atoms with Gasteiger partial charge in [0.05, 0.1) is 16.6 Å². The smallest absolute Gasteiger partial charge is 0.252 e. The molecule has 0 spiro atoms. The second-order valence-electron chi connectivity index (χ2n) is 7.33. The number of carbonyl (C=O) groups is 1. The molecule has 4 rings (SSSR count). The number of pyridine rings is 2. The van der Waals surface area contributed by atoms with Gasteiger partial charge in [0.25, 0.3) is 5.91 Å². The van der Waals surface area contributed by atoms with E-state index in [9.17, 15) is 4.79 Å². The van der Waals surface area contributed by atoms with E-state index in [1.807, 2.05) is 55.8 Å². The van der Waals surface area contributed by atoms with E-state index in [-0.39, 0.29) is 5.91 Å². The fraction of sp³-hybridized carbons (Fsp3) is 0.381. The van der Waals surface area contributed by atoms with Gasteiger partial charge in [-0.1, -0.05) is 12.5 Å². The van der Waals surface area contributed by atoms with E-state index in [2.05, 4.69) is 25.6 Å². The number of unbranched alkanes of at least 4 members (excludes halogenated alkanes) is 2. The minimum absolute atomic E-state index is 0.0694. The Kier molecular flexibility index (Phi) is 5.24. The molecule has 4 heterocycles. The molecular formula is C21H25N7O. The lowest BCUT2D eigenvalue weighted by atomic mass is 10.1. The summed E-state index contributed by atoms with van der Waals surface area (Å²) >= 11 is 0. The van der Waals surface area contributed by atoms with Gasteiger partial charge in [-0.05, 0) is 44.9 Å². The lowest BCUT2D eigenvalue weighted by Gasteiger charge is -2.08. The number of carbonyl (C=O) groups excluding carboxylic acids is 1. The molecule has 29 heavy (non-hydrogen) atoms. The highest BCUT2D eigenvalue weighted by Gasteiger charge is 2.17. The van der Waals surface area contributed by atoms with Crippen molar-refractivity contribution < 1.29 is 4.79 Å². The average Bonchev–Trinajstić information content (AvgIpc) is 3.24. The van der Waals surface area contributed by atoms with E-state index in [0.29, 0.717) is 12.1 Å². The molecule has 0 aliphatic rings. The molecule has 4 aromatic heterocycles. The molecule has 8 nitrogen and oxygen atoms in total. The Hall–Kier alpha value is -3.29. The van der Waals surface area contributed by atoms with Crippen molar-refractivity contribution in [2.45, 2.75) is 39.5 Å². The molecule has 0 saturated carbocycles. The van der Waals surface area contributed by atoms with Gasteiger partial charge < -0.3 is 5.32 Å². The fourth-order valence-electron chi connectivity index (χ4n) is 3.69. The van der Waals surface area contributed by atoms with Crippen LogP contribution >= 0.6 is 0 Å². The van der Waals surface area contributed by atoms with Crippen LogP contribution < -0.4 is 5.32 Å². The Labute approximate surface area is 169 Å². The van der Waals surface area contributed by atoms with Gasteiger partial charge in [0.15, 0.2) is 11.3 Å². The Bertz CT molecular complexity index is 1170. The van der Waals surface area contributed by atoms with Gasteiger partial charge in [0.2, 0.25) is 0 Å². The lowest BCUT2D eigenvalue weighted by molar-refractivity contribution is 0.0954. The monoisotopic (exact) mass is 391 g/mol. The van der Waals surface area contributed by atoms with Crippen LogP contribution in [0.3, 0.4) is 0 Å². The number of aryl methyl sites for hydroxylation is 4. The summed E-state index contributed by atoms with van der Waals surface area (Å²) in [5.41, 5.74) is 3.90. The van der Waals surface area contributed by atoms with Gasteiger partial charge in [-0.25, -0.2) is 4.98 Å². The maximum atomic E-state index is 12.7. The number of nitrogens with zero attached hydrogens (tertiary/aromatic N) is 6.